The predicted molar refractivity (Wildman–Crippen MR) is 58.3 cm³/mol. The first kappa shape index (κ1) is 11.8. The van der Waals surface area contributed by atoms with Gasteiger partial charge in [-0.15, -0.1) is 0 Å². The van der Waals surface area contributed by atoms with Gasteiger partial charge in [0.1, 0.15) is 5.54 Å². The predicted octanol–water partition coefficient (Wildman–Crippen LogP) is 1.87. The summed E-state index contributed by atoms with van der Waals surface area (Å²) in [4.78, 5) is 13.3. The summed E-state index contributed by atoms with van der Waals surface area (Å²) in [7, 11) is 1.74. The lowest BCUT2D eigenvalue weighted by Gasteiger charge is -2.33. The second-order valence-electron chi connectivity index (χ2n) is 4.20. The van der Waals surface area contributed by atoms with Gasteiger partial charge >= 0.3 is 6.03 Å². The third kappa shape index (κ3) is 2.85. The van der Waals surface area contributed by atoms with Crippen molar-refractivity contribution in [1.29, 1.82) is 5.26 Å². The molecule has 4 heteroatoms. The maximum Gasteiger partial charge on any atom is 0.318 e. The number of amides is 2. The van der Waals surface area contributed by atoms with Gasteiger partial charge in [-0.25, -0.2) is 4.79 Å². The van der Waals surface area contributed by atoms with Crippen molar-refractivity contribution >= 4 is 6.03 Å². The molecule has 0 spiro atoms. The quantitative estimate of drug-likeness (QED) is 0.754. The fraction of sp³-hybridized carbons (Fsp3) is 0.818. The van der Waals surface area contributed by atoms with Crippen LogP contribution in [0, 0.1) is 11.3 Å². The summed E-state index contributed by atoms with van der Waals surface area (Å²) in [5.41, 5.74) is -0.612. The molecule has 1 N–H and O–H groups in total. The SMILES string of the molecule is CCN(C)C(=O)NC1(C#N)CCCCC1. The number of hydrogen-bond acceptors (Lipinski definition) is 2. The van der Waals surface area contributed by atoms with Gasteiger partial charge in [-0.1, -0.05) is 19.3 Å². The van der Waals surface area contributed by atoms with Gasteiger partial charge in [0, 0.05) is 13.6 Å². The molecule has 0 aromatic carbocycles. The third-order valence-electron chi connectivity index (χ3n) is 3.09. The normalized spacial score (nSPS) is 19.0. The zero-order chi connectivity index (χ0) is 11.3. The van der Waals surface area contributed by atoms with Crippen molar-refractivity contribution < 1.29 is 4.79 Å². The number of hydrogen-bond donors (Lipinski definition) is 1. The largest absolute Gasteiger partial charge is 0.328 e. The van der Waals surface area contributed by atoms with E-state index in [1.165, 1.54) is 6.42 Å². The van der Waals surface area contributed by atoms with Crippen LogP contribution in [0.5, 0.6) is 0 Å². The lowest BCUT2D eigenvalue weighted by molar-refractivity contribution is 0.193. The van der Waals surface area contributed by atoms with Crippen molar-refractivity contribution in [2.24, 2.45) is 0 Å². The van der Waals surface area contributed by atoms with Crippen LogP contribution in [0.25, 0.3) is 0 Å². The van der Waals surface area contributed by atoms with Gasteiger partial charge in [0.2, 0.25) is 0 Å². The van der Waals surface area contributed by atoms with Gasteiger partial charge in [0.25, 0.3) is 0 Å². The highest BCUT2D eigenvalue weighted by Crippen LogP contribution is 2.27. The Bertz CT molecular complexity index is 263. The summed E-state index contributed by atoms with van der Waals surface area (Å²) in [6.07, 6.45) is 4.80. The number of nitrogens with one attached hydrogen (secondary N) is 1. The van der Waals surface area contributed by atoms with Crippen LogP contribution in [0.15, 0.2) is 0 Å². The molecular weight excluding hydrogens is 190 g/mol. The van der Waals surface area contributed by atoms with Crippen LogP contribution in [-0.2, 0) is 0 Å². The number of urea groups is 1. The molecule has 1 fully saturated rings. The van der Waals surface area contributed by atoms with E-state index in [0.29, 0.717) is 6.54 Å². The van der Waals surface area contributed by atoms with Gasteiger partial charge in [-0.05, 0) is 19.8 Å². The maximum absolute atomic E-state index is 11.7. The van der Waals surface area contributed by atoms with Crippen molar-refractivity contribution in [2.45, 2.75) is 44.6 Å². The summed E-state index contributed by atoms with van der Waals surface area (Å²) in [6, 6.07) is 2.13. The Morgan fingerprint density at radius 3 is 2.53 bits per heavy atom. The molecule has 1 aliphatic rings. The van der Waals surface area contributed by atoms with Crippen molar-refractivity contribution in [2.75, 3.05) is 13.6 Å². The van der Waals surface area contributed by atoms with Gasteiger partial charge in [-0.3, -0.25) is 0 Å². The molecule has 1 rings (SSSR count). The summed E-state index contributed by atoms with van der Waals surface area (Å²) in [5.74, 6) is 0. The van der Waals surface area contributed by atoms with E-state index in [1.54, 1.807) is 11.9 Å². The number of nitrogens with zero attached hydrogens (tertiary/aromatic N) is 2. The minimum absolute atomic E-state index is 0.138. The molecule has 1 aliphatic carbocycles. The Hall–Kier alpha value is -1.24. The third-order valence-corrected chi connectivity index (χ3v) is 3.09. The molecule has 0 heterocycles. The average Bonchev–Trinajstić information content (AvgIpc) is 2.29. The number of carbonyl (C=O) groups is 1. The Morgan fingerprint density at radius 2 is 2.07 bits per heavy atom. The molecule has 4 nitrogen and oxygen atoms in total. The molecular formula is C11H19N3O. The molecule has 0 aromatic heterocycles. The highest BCUT2D eigenvalue weighted by molar-refractivity contribution is 5.75. The molecule has 0 saturated heterocycles. The fourth-order valence-corrected chi connectivity index (χ4v) is 1.86. The van der Waals surface area contributed by atoms with Crippen molar-refractivity contribution in [3.8, 4) is 6.07 Å². The molecule has 1 saturated carbocycles. The molecule has 84 valence electrons. The summed E-state index contributed by atoms with van der Waals surface area (Å²) in [6.45, 7) is 2.58. The van der Waals surface area contributed by atoms with Gasteiger partial charge in [0.15, 0.2) is 0 Å². The smallest absolute Gasteiger partial charge is 0.318 e. The summed E-state index contributed by atoms with van der Waals surface area (Å²) >= 11 is 0. The second kappa shape index (κ2) is 5.01. The summed E-state index contributed by atoms with van der Waals surface area (Å²) < 4.78 is 0. The molecule has 0 aliphatic heterocycles. The molecule has 0 bridgehead atoms. The van der Waals surface area contributed by atoms with E-state index in [1.807, 2.05) is 6.92 Å². The zero-order valence-electron chi connectivity index (χ0n) is 9.55. The molecule has 15 heavy (non-hydrogen) atoms. The van der Waals surface area contributed by atoms with Crippen LogP contribution in [0.2, 0.25) is 0 Å². The van der Waals surface area contributed by atoms with E-state index in [0.717, 1.165) is 25.7 Å². The first-order valence-electron chi connectivity index (χ1n) is 5.58. The zero-order valence-corrected chi connectivity index (χ0v) is 9.55. The maximum atomic E-state index is 11.7. The van der Waals surface area contributed by atoms with E-state index in [2.05, 4.69) is 11.4 Å². The molecule has 0 radical (unpaired) electrons. The van der Waals surface area contributed by atoms with Crippen molar-refractivity contribution in [3.05, 3.63) is 0 Å². The van der Waals surface area contributed by atoms with Gasteiger partial charge in [0.05, 0.1) is 6.07 Å². The molecule has 0 atom stereocenters. The minimum Gasteiger partial charge on any atom is -0.328 e. The van der Waals surface area contributed by atoms with E-state index in [4.69, 9.17) is 5.26 Å². The molecule has 2 amide bonds. The average molecular weight is 209 g/mol. The lowest BCUT2D eigenvalue weighted by Crippen LogP contribution is -2.52. The Morgan fingerprint density at radius 1 is 1.47 bits per heavy atom. The highest BCUT2D eigenvalue weighted by atomic mass is 16.2. The van der Waals surface area contributed by atoms with E-state index < -0.39 is 5.54 Å². The Kier molecular flexibility index (Phi) is 3.96. The van der Waals surface area contributed by atoms with Crippen LogP contribution in [0.1, 0.15) is 39.0 Å². The molecule has 0 aromatic rings. The fourth-order valence-electron chi connectivity index (χ4n) is 1.86. The number of nitriles is 1. The first-order chi connectivity index (χ1) is 7.13. The topological polar surface area (TPSA) is 56.1 Å². The van der Waals surface area contributed by atoms with E-state index >= 15 is 0 Å². The van der Waals surface area contributed by atoms with Crippen LogP contribution in [0.3, 0.4) is 0 Å². The monoisotopic (exact) mass is 209 g/mol. The minimum atomic E-state index is -0.612. The van der Waals surface area contributed by atoms with Crippen LogP contribution < -0.4 is 5.32 Å². The van der Waals surface area contributed by atoms with Gasteiger partial charge < -0.3 is 10.2 Å². The van der Waals surface area contributed by atoms with Gasteiger partial charge in [-0.2, -0.15) is 5.26 Å². The van der Waals surface area contributed by atoms with E-state index in [-0.39, 0.29) is 6.03 Å². The van der Waals surface area contributed by atoms with Crippen molar-refractivity contribution in [1.82, 2.24) is 10.2 Å². The Balaban J connectivity index is 2.60. The number of rotatable bonds is 2. The second-order valence-corrected chi connectivity index (χ2v) is 4.20. The Labute approximate surface area is 91.2 Å². The first-order valence-corrected chi connectivity index (χ1v) is 5.58. The van der Waals surface area contributed by atoms with Crippen LogP contribution in [-0.4, -0.2) is 30.1 Å². The number of carbonyl (C=O) groups excluding carboxylic acids is 1. The standard InChI is InChI=1S/C11H19N3O/c1-3-14(2)10(15)13-11(9-12)7-5-4-6-8-11/h3-8H2,1-2H3,(H,13,15). The molecule has 0 unspecified atom stereocenters. The van der Waals surface area contributed by atoms with Crippen LogP contribution in [0.4, 0.5) is 4.79 Å². The van der Waals surface area contributed by atoms with Crippen LogP contribution >= 0.6 is 0 Å². The highest BCUT2D eigenvalue weighted by Gasteiger charge is 2.34. The van der Waals surface area contributed by atoms with Crippen molar-refractivity contribution in [3.63, 3.8) is 0 Å². The summed E-state index contributed by atoms with van der Waals surface area (Å²) in [5, 5.41) is 12.0. The van der Waals surface area contributed by atoms with E-state index in [9.17, 15) is 4.79 Å². The lowest BCUT2D eigenvalue weighted by atomic mass is 9.83.